The zero-order valence-electron chi connectivity index (χ0n) is 12.0. The van der Waals surface area contributed by atoms with Crippen molar-refractivity contribution in [3.63, 3.8) is 0 Å². The van der Waals surface area contributed by atoms with E-state index in [4.69, 9.17) is 0 Å². The van der Waals surface area contributed by atoms with Crippen molar-refractivity contribution in [2.45, 2.75) is 25.7 Å². The van der Waals surface area contributed by atoms with Gasteiger partial charge in [-0.2, -0.15) is 0 Å². The van der Waals surface area contributed by atoms with Crippen molar-refractivity contribution in [3.8, 4) is 0 Å². The summed E-state index contributed by atoms with van der Waals surface area (Å²) in [6, 6.07) is 4.41. The Labute approximate surface area is 123 Å². The van der Waals surface area contributed by atoms with Crippen LogP contribution in [0.4, 0.5) is 11.4 Å². The SMILES string of the molecule is CNc1cc(C(=O)NCC2(C3CC3)CC2)ccc1[N+](=O)[O-]. The van der Waals surface area contributed by atoms with E-state index in [0.29, 0.717) is 16.7 Å². The Balaban J connectivity index is 1.68. The predicted octanol–water partition coefficient (Wildman–Crippen LogP) is 2.56. The zero-order valence-corrected chi connectivity index (χ0v) is 12.0. The number of nitrogens with zero attached hydrogens (tertiary/aromatic N) is 1. The Morgan fingerprint density at radius 1 is 1.43 bits per heavy atom. The molecule has 6 heteroatoms. The first-order valence-corrected chi connectivity index (χ1v) is 7.30. The van der Waals surface area contributed by atoms with Crippen LogP contribution in [0.2, 0.25) is 0 Å². The molecule has 2 fully saturated rings. The van der Waals surface area contributed by atoms with E-state index >= 15 is 0 Å². The van der Waals surface area contributed by atoms with Crippen molar-refractivity contribution in [1.29, 1.82) is 0 Å². The molecule has 112 valence electrons. The molecule has 3 rings (SSSR count). The summed E-state index contributed by atoms with van der Waals surface area (Å²) in [5.74, 6) is 0.635. The standard InChI is InChI=1S/C15H19N3O3/c1-16-12-8-10(2-5-13(12)18(20)21)14(19)17-9-15(6-7-15)11-3-4-11/h2,5,8,11,16H,3-4,6-7,9H2,1H3,(H,17,19). The molecule has 0 radical (unpaired) electrons. The average molecular weight is 289 g/mol. The fraction of sp³-hybridized carbons (Fsp3) is 0.533. The lowest BCUT2D eigenvalue weighted by molar-refractivity contribution is -0.383. The lowest BCUT2D eigenvalue weighted by Gasteiger charge is -2.15. The summed E-state index contributed by atoms with van der Waals surface area (Å²) in [4.78, 5) is 22.6. The summed E-state index contributed by atoms with van der Waals surface area (Å²) < 4.78 is 0. The van der Waals surface area contributed by atoms with Gasteiger partial charge in [0.05, 0.1) is 4.92 Å². The number of benzene rings is 1. The quantitative estimate of drug-likeness (QED) is 0.622. The number of carbonyl (C=O) groups excluding carboxylic acids is 1. The number of nitro benzene ring substituents is 1. The van der Waals surface area contributed by atoms with Crippen LogP contribution in [0.15, 0.2) is 18.2 Å². The number of nitrogens with one attached hydrogen (secondary N) is 2. The molecule has 1 aromatic carbocycles. The van der Waals surface area contributed by atoms with Crippen molar-refractivity contribution >= 4 is 17.3 Å². The van der Waals surface area contributed by atoms with Gasteiger partial charge in [-0.3, -0.25) is 14.9 Å². The zero-order chi connectivity index (χ0) is 15.0. The number of amides is 1. The molecular formula is C15H19N3O3. The van der Waals surface area contributed by atoms with Gasteiger partial charge < -0.3 is 10.6 Å². The highest BCUT2D eigenvalue weighted by molar-refractivity contribution is 5.96. The number of rotatable bonds is 6. The van der Waals surface area contributed by atoms with E-state index in [1.165, 1.54) is 43.9 Å². The molecule has 2 aliphatic rings. The summed E-state index contributed by atoms with van der Waals surface area (Å²) in [6.45, 7) is 0.725. The lowest BCUT2D eigenvalue weighted by Crippen LogP contribution is -2.31. The molecule has 6 nitrogen and oxygen atoms in total. The fourth-order valence-corrected chi connectivity index (χ4v) is 2.98. The minimum absolute atomic E-state index is 0.0225. The average Bonchev–Trinajstić information content (AvgIpc) is 3.36. The number of anilines is 1. The second kappa shape index (κ2) is 5.02. The van der Waals surface area contributed by atoms with Crippen molar-refractivity contribution in [2.75, 3.05) is 18.9 Å². The second-order valence-electron chi connectivity index (χ2n) is 6.06. The molecule has 0 atom stereocenters. The van der Waals surface area contributed by atoms with Gasteiger partial charge in [-0.15, -0.1) is 0 Å². The first-order chi connectivity index (χ1) is 10.1. The molecule has 21 heavy (non-hydrogen) atoms. The first kappa shape index (κ1) is 13.9. The van der Waals surface area contributed by atoms with Crippen molar-refractivity contribution < 1.29 is 9.72 Å². The number of nitro groups is 1. The molecule has 0 heterocycles. The molecule has 2 N–H and O–H groups in total. The number of carbonyl (C=O) groups is 1. The van der Waals surface area contributed by atoms with E-state index in [-0.39, 0.29) is 11.6 Å². The minimum Gasteiger partial charge on any atom is -0.383 e. The van der Waals surface area contributed by atoms with E-state index in [9.17, 15) is 14.9 Å². The molecule has 0 spiro atoms. The van der Waals surface area contributed by atoms with E-state index < -0.39 is 4.92 Å². The largest absolute Gasteiger partial charge is 0.383 e. The summed E-state index contributed by atoms with van der Waals surface area (Å²) >= 11 is 0. The third-order valence-corrected chi connectivity index (χ3v) is 4.66. The van der Waals surface area contributed by atoms with Crippen LogP contribution in [-0.2, 0) is 0 Å². The number of hydrogen-bond donors (Lipinski definition) is 2. The van der Waals surface area contributed by atoms with Crippen LogP contribution in [0.25, 0.3) is 0 Å². The summed E-state index contributed by atoms with van der Waals surface area (Å²) in [5.41, 5.74) is 1.14. The first-order valence-electron chi connectivity index (χ1n) is 7.30. The fourth-order valence-electron chi connectivity index (χ4n) is 2.98. The van der Waals surface area contributed by atoms with Crippen LogP contribution >= 0.6 is 0 Å². The molecule has 0 bridgehead atoms. The predicted molar refractivity (Wildman–Crippen MR) is 79.4 cm³/mol. The lowest BCUT2D eigenvalue weighted by atomic mass is 10.0. The number of hydrogen-bond acceptors (Lipinski definition) is 4. The van der Waals surface area contributed by atoms with Crippen molar-refractivity contribution in [2.24, 2.45) is 11.3 Å². The van der Waals surface area contributed by atoms with Crippen LogP contribution < -0.4 is 10.6 Å². The van der Waals surface area contributed by atoms with E-state index in [1.807, 2.05) is 0 Å². The second-order valence-corrected chi connectivity index (χ2v) is 6.06. The van der Waals surface area contributed by atoms with Gasteiger partial charge in [0.15, 0.2) is 0 Å². The van der Waals surface area contributed by atoms with Crippen LogP contribution in [0.3, 0.4) is 0 Å². The minimum atomic E-state index is -0.459. The van der Waals surface area contributed by atoms with Gasteiger partial charge in [-0.25, -0.2) is 0 Å². The summed E-state index contributed by atoms with van der Waals surface area (Å²) in [6.07, 6.45) is 4.99. The molecule has 0 aromatic heterocycles. The summed E-state index contributed by atoms with van der Waals surface area (Å²) in [5, 5.41) is 16.6. The van der Waals surface area contributed by atoms with Crippen LogP contribution in [0.5, 0.6) is 0 Å². The van der Waals surface area contributed by atoms with E-state index in [1.54, 1.807) is 7.05 Å². The van der Waals surface area contributed by atoms with Gasteiger partial charge in [0.25, 0.3) is 11.6 Å². The monoisotopic (exact) mass is 289 g/mol. The topological polar surface area (TPSA) is 84.3 Å². The Morgan fingerprint density at radius 3 is 2.67 bits per heavy atom. The van der Waals surface area contributed by atoms with Gasteiger partial charge in [0, 0.05) is 25.2 Å². The van der Waals surface area contributed by atoms with Crippen molar-refractivity contribution in [1.82, 2.24) is 5.32 Å². The molecular weight excluding hydrogens is 270 g/mol. The normalized spacial score (nSPS) is 18.9. The maximum Gasteiger partial charge on any atom is 0.292 e. The molecule has 0 unspecified atom stereocenters. The Bertz CT molecular complexity index is 592. The Hall–Kier alpha value is -2.11. The van der Waals surface area contributed by atoms with Gasteiger partial charge in [0.2, 0.25) is 0 Å². The highest BCUT2D eigenvalue weighted by Crippen LogP contribution is 2.60. The highest BCUT2D eigenvalue weighted by atomic mass is 16.6. The molecule has 1 aromatic rings. The smallest absolute Gasteiger partial charge is 0.292 e. The summed E-state index contributed by atoms with van der Waals surface area (Å²) in [7, 11) is 1.61. The van der Waals surface area contributed by atoms with E-state index in [2.05, 4.69) is 10.6 Å². The maximum absolute atomic E-state index is 12.2. The molecule has 2 saturated carbocycles. The molecule has 0 aliphatic heterocycles. The Kier molecular flexibility index (Phi) is 3.31. The van der Waals surface area contributed by atoms with Gasteiger partial charge >= 0.3 is 0 Å². The van der Waals surface area contributed by atoms with Gasteiger partial charge in [0.1, 0.15) is 5.69 Å². The van der Waals surface area contributed by atoms with Crippen LogP contribution in [0, 0.1) is 21.4 Å². The molecule has 0 saturated heterocycles. The third-order valence-electron chi connectivity index (χ3n) is 4.66. The van der Waals surface area contributed by atoms with Gasteiger partial charge in [-0.1, -0.05) is 0 Å². The molecule has 1 amide bonds. The highest BCUT2D eigenvalue weighted by Gasteiger charge is 2.53. The maximum atomic E-state index is 12.2. The van der Waals surface area contributed by atoms with Crippen LogP contribution in [-0.4, -0.2) is 24.4 Å². The van der Waals surface area contributed by atoms with Crippen LogP contribution in [0.1, 0.15) is 36.0 Å². The third kappa shape index (κ3) is 2.70. The Morgan fingerprint density at radius 2 is 2.14 bits per heavy atom. The van der Waals surface area contributed by atoms with Gasteiger partial charge in [-0.05, 0) is 49.1 Å². The van der Waals surface area contributed by atoms with E-state index in [0.717, 1.165) is 12.5 Å². The molecule has 2 aliphatic carbocycles. The van der Waals surface area contributed by atoms with Crippen molar-refractivity contribution in [3.05, 3.63) is 33.9 Å².